The Bertz CT molecular complexity index is 803. The third-order valence-electron chi connectivity index (χ3n) is 4.05. The molecule has 1 aromatic rings. The molecule has 0 radical (unpaired) electrons. The SMILES string of the molecule is CCN(C1CCS(=O)(=O)C1)S(=O)(=O)c1ccc2c(c1)OCCO2. The van der Waals surface area contributed by atoms with Crippen LogP contribution in [0, 0.1) is 0 Å². The summed E-state index contributed by atoms with van der Waals surface area (Å²) in [6.45, 7) is 2.73. The number of sulfonamides is 1. The van der Waals surface area contributed by atoms with Crippen LogP contribution >= 0.6 is 0 Å². The fourth-order valence-electron chi connectivity index (χ4n) is 2.95. The minimum Gasteiger partial charge on any atom is -0.486 e. The van der Waals surface area contributed by atoms with E-state index in [9.17, 15) is 16.8 Å². The summed E-state index contributed by atoms with van der Waals surface area (Å²) in [4.78, 5) is 0.0906. The van der Waals surface area contributed by atoms with Crippen molar-refractivity contribution in [2.75, 3.05) is 31.3 Å². The van der Waals surface area contributed by atoms with Crippen LogP contribution < -0.4 is 9.47 Å². The molecule has 2 aliphatic heterocycles. The molecule has 0 bridgehead atoms. The van der Waals surface area contributed by atoms with E-state index in [1.54, 1.807) is 13.0 Å². The van der Waals surface area contributed by atoms with Crippen LogP contribution in [-0.4, -0.2) is 58.4 Å². The predicted octanol–water partition coefficient (Wildman–Crippen LogP) is 0.656. The Morgan fingerprint density at radius 1 is 1.22 bits per heavy atom. The van der Waals surface area contributed by atoms with E-state index in [4.69, 9.17) is 9.47 Å². The van der Waals surface area contributed by atoms with Crippen molar-refractivity contribution in [1.29, 1.82) is 0 Å². The molecule has 128 valence electrons. The van der Waals surface area contributed by atoms with Gasteiger partial charge in [0, 0.05) is 18.7 Å². The average Bonchev–Trinajstić information content (AvgIpc) is 2.87. The molecular formula is C14H19NO6S2. The lowest BCUT2D eigenvalue weighted by Crippen LogP contribution is -2.40. The average molecular weight is 361 g/mol. The first kappa shape index (κ1) is 16.5. The van der Waals surface area contributed by atoms with E-state index in [1.807, 2.05) is 0 Å². The molecule has 1 aromatic carbocycles. The molecule has 3 rings (SSSR count). The summed E-state index contributed by atoms with van der Waals surface area (Å²) in [5, 5.41) is 0. The van der Waals surface area contributed by atoms with Crippen LogP contribution in [0.2, 0.25) is 0 Å². The van der Waals surface area contributed by atoms with Crippen molar-refractivity contribution in [3.05, 3.63) is 18.2 Å². The van der Waals surface area contributed by atoms with Crippen LogP contribution in [0.25, 0.3) is 0 Å². The number of ether oxygens (including phenoxy) is 2. The third-order valence-corrected chi connectivity index (χ3v) is 7.82. The Balaban J connectivity index is 1.93. The number of sulfone groups is 1. The second-order valence-corrected chi connectivity index (χ2v) is 9.69. The summed E-state index contributed by atoms with van der Waals surface area (Å²) in [7, 11) is -6.94. The number of benzene rings is 1. The lowest BCUT2D eigenvalue weighted by molar-refractivity contribution is 0.171. The van der Waals surface area contributed by atoms with Gasteiger partial charge in [0.1, 0.15) is 13.2 Å². The minimum absolute atomic E-state index is 0.0326. The molecule has 0 aromatic heterocycles. The molecule has 1 saturated heterocycles. The summed E-state index contributed by atoms with van der Waals surface area (Å²) in [5.74, 6) is 0.823. The molecule has 0 amide bonds. The van der Waals surface area contributed by atoms with Gasteiger partial charge < -0.3 is 9.47 Å². The van der Waals surface area contributed by atoms with E-state index >= 15 is 0 Å². The van der Waals surface area contributed by atoms with Gasteiger partial charge in [0.25, 0.3) is 0 Å². The summed E-state index contributed by atoms with van der Waals surface area (Å²) >= 11 is 0. The van der Waals surface area contributed by atoms with Gasteiger partial charge in [-0.25, -0.2) is 16.8 Å². The van der Waals surface area contributed by atoms with Gasteiger partial charge in [0.2, 0.25) is 10.0 Å². The van der Waals surface area contributed by atoms with Gasteiger partial charge in [-0.05, 0) is 18.6 Å². The molecule has 23 heavy (non-hydrogen) atoms. The van der Waals surface area contributed by atoms with Crippen molar-refractivity contribution in [2.24, 2.45) is 0 Å². The highest BCUT2D eigenvalue weighted by Crippen LogP contribution is 2.34. The molecule has 0 N–H and O–H groups in total. The Hall–Kier alpha value is -1.32. The topological polar surface area (TPSA) is 90.0 Å². The van der Waals surface area contributed by atoms with E-state index in [0.29, 0.717) is 31.1 Å². The van der Waals surface area contributed by atoms with Crippen LogP contribution in [0.15, 0.2) is 23.1 Å². The zero-order chi connectivity index (χ0) is 16.7. The van der Waals surface area contributed by atoms with E-state index in [2.05, 4.69) is 0 Å². The lowest BCUT2D eigenvalue weighted by Gasteiger charge is -2.26. The highest BCUT2D eigenvalue weighted by Gasteiger charge is 2.38. The van der Waals surface area contributed by atoms with Crippen molar-refractivity contribution >= 4 is 19.9 Å². The molecule has 0 saturated carbocycles. The first-order chi connectivity index (χ1) is 10.8. The number of nitrogens with zero attached hydrogens (tertiary/aromatic N) is 1. The van der Waals surface area contributed by atoms with Crippen molar-refractivity contribution in [1.82, 2.24) is 4.31 Å². The number of hydrogen-bond donors (Lipinski definition) is 0. The van der Waals surface area contributed by atoms with Crippen LogP contribution in [0.3, 0.4) is 0 Å². The molecule has 9 heteroatoms. The first-order valence-electron chi connectivity index (χ1n) is 7.45. The number of hydrogen-bond acceptors (Lipinski definition) is 6. The van der Waals surface area contributed by atoms with Crippen LogP contribution in [0.5, 0.6) is 11.5 Å². The van der Waals surface area contributed by atoms with Crippen molar-refractivity contribution in [2.45, 2.75) is 24.3 Å². The summed E-state index contributed by atoms with van der Waals surface area (Å²) in [6.07, 6.45) is 0.333. The van der Waals surface area contributed by atoms with Crippen molar-refractivity contribution in [3.8, 4) is 11.5 Å². The standard InChI is InChI=1S/C14H19NO6S2/c1-2-15(11-5-8-22(16,17)10-11)23(18,19)12-3-4-13-14(9-12)21-7-6-20-13/h3-4,9,11H,2,5-8,10H2,1H3. The number of rotatable bonds is 4. The van der Waals surface area contributed by atoms with Gasteiger partial charge in [-0.2, -0.15) is 4.31 Å². The predicted molar refractivity (Wildman–Crippen MR) is 84.1 cm³/mol. The maximum absolute atomic E-state index is 12.9. The number of fused-ring (bicyclic) bond motifs is 1. The maximum Gasteiger partial charge on any atom is 0.243 e. The van der Waals surface area contributed by atoms with E-state index < -0.39 is 25.9 Å². The molecule has 2 aliphatic rings. The summed E-state index contributed by atoms with van der Waals surface area (Å²) < 4.78 is 61.2. The smallest absolute Gasteiger partial charge is 0.243 e. The monoisotopic (exact) mass is 361 g/mol. The normalized spacial score (nSPS) is 23.1. The second-order valence-electron chi connectivity index (χ2n) is 5.57. The Morgan fingerprint density at radius 2 is 1.91 bits per heavy atom. The fraction of sp³-hybridized carbons (Fsp3) is 0.571. The molecule has 1 unspecified atom stereocenters. The quantitative estimate of drug-likeness (QED) is 0.782. The van der Waals surface area contributed by atoms with Gasteiger partial charge in [-0.3, -0.25) is 0 Å². The Morgan fingerprint density at radius 3 is 2.52 bits per heavy atom. The fourth-order valence-corrected chi connectivity index (χ4v) is 6.45. The second kappa shape index (κ2) is 5.95. The highest BCUT2D eigenvalue weighted by atomic mass is 32.2. The largest absolute Gasteiger partial charge is 0.486 e. The third kappa shape index (κ3) is 3.17. The van der Waals surface area contributed by atoms with E-state index in [0.717, 1.165) is 0 Å². The van der Waals surface area contributed by atoms with E-state index in [-0.39, 0.29) is 22.9 Å². The maximum atomic E-state index is 12.9. The van der Waals surface area contributed by atoms with Gasteiger partial charge in [-0.1, -0.05) is 6.92 Å². The Kier molecular flexibility index (Phi) is 4.28. The van der Waals surface area contributed by atoms with E-state index in [1.165, 1.54) is 16.4 Å². The van der Waals surface area contributed by atoms with Gasteiger partial charge in [-0.15, -0.1) is 0 Å². The zero-order valence-electron chi connectivity index (χ0n) is 12.8. The molecule has 0 spiro atoms. The highest BCUT2D eigenvalue weighted by molar-refractivity contribution is 7.92. The van der Waals surface area contributed by atoms with Crippen LogP contribution in [0.4, 0.5) is 0 Å². The molecule has 7 nitrogen and oxygen atoms in total. The minimum atomic E-state index is -3.78. The lowest BCUT2D eigenvalue weighted by atomic mass is 10.3. The first-order valence-corrected chi connectivity index (χ1v) is 10.7. The van der Waals surface area contributed by atoms with Crippen molar-refractivity contribution < 1.29 is 26.3 Å². The van der Waals surface area contributed by atoms with Gasteiger partial charge >= 0.3 is 0 Å². The van der Waals surface area contributed by atoms with Gasteiger partial charge in [0.05, 0.1) is 16.4 Å². The Labute approximate surface area is 136 Å². The zero-order valence-corrected chi connectivity index (χ0v) is 14.4. The van der Waals surface area contributed by atoms with Crippen LogP contribution in [0.1, 0.15) is 13.3 Å². The molecular weight excluding hydrogens is 342 g/mol. The van der Waals surface area contributed by atoms with Crippen molar-refractivity contribution in [3.63, 3.8) is 0 Å². The molecule has 0 aliphatic carbocycles. The van der Waals surface area contributed by atoms with Gasteiger partial charge in [0.15, 0.2) is 21.3 Å². The summed E-state index contributed by atoms with van der Waals surface area (Å²) in [5.41, 5.74) is 0. The molecule has 1 fully saturated rings. The molecule has 2 heterocycles. The summed E-state index contributed by atoms with van der Waals surface area (Å²) in [6, 6.07) is 3.97. The molecule has 1 atom stereocenters. The van der Waals surface area contributed by atoms with Crippen LogP contribution in [-0.2, 0) is 19.9 Å².